The Morgan fingerprint density at radius 1 is 0.676 bits per heavy atom. The Hall–Kier alpha value is -1.30. The molecule has 0 aliphatic heterocycles. The number of benzene rings is 2. The Bertz CT molecular complexity index is 877. The average molecular weight is 512 g/mol. The largest absolute Gasteiger partial charge is 0.330 e. The van der Waals surface area contributed by atoms with Crippen LogP contribution in [0.3, 0.4) is 0 Å². The van der Waals surface area contributed by atoms with Crippen molar-refractivity contribution in [1.29, 1.82) is 0 Å². The first-order valence-corrected chi connectivity index (χ1v) is 14.7. The monoisotopic (exact) mass is 511 g/mol. The molecular weight excluding hydrogens is 472 g/mol. The highest BCUT2D eigenvalue weighted by Gasteiger charge is 2.42. The maximum atomic E-state index is 13.4. The number of rotatable bonds is 13. The topological polar surface area (TPSA) is 83.1 Å². The second kappa shape index (κ2) is 12.6. The van der Waals surface area contributed by atoms with Gasteiger partial charge >= 0.3 is 15.2 Å². The molecule has 0 bridgehead atoms. The van der Waals surface area contributed by atoms with E-state index in [9.17, 15) is 9.13 Å². The summed E-state index contributed by atoms with van der Waals surface area (Å²) in [6.45, 7) is 6.22. The van der Waals surface area contributed by atoms with Gasteiger partial charge in [0, 0.05) is 51.9 Å². The van der Waals surface area contributed by atoms with Gasteiger partial charge in [0.1, 0.15) is 0 Å². The number of nitrogens with one attached hydrogen (secondary N) is 1. The van der Waals surface area contributed by atoms with E-state index in [0.29, 0.717) is 0 Å². The molecule has 2 atom stereocenters. The van der Waals surface area contributed by atoms with Crippen LogP contribution >= 0.6 is 15.2 Å². The third-order valence-corrected chi connectivity index (χ3v) is 9.78. The van der Waals surface area contributed by atoms with Crippen molar-refractivity contribution < 1.29 is 27.2 Å². The molecule has 2 aromatic rings. The van der Waals surface area contributed by atoms with E-state index in [1.54, 1.807) is 0 Å². The van der Waals surface area contributed by atoms with Gasteiger partial charge in [0.2, 0.25) is 0 Å². The van der Waals surface area contributed by atoms with Crippen LogP contribution in [0.25, 0.3) is 0 Å². The lowest BCUT2D eigenvalue weighted by Gasteiger charge is -2.41. The smallest absolute Gasteiger partial charge is 0.312 e. The summed E-state index contributed by atoms with van der Waals surface area (Å²) in [5.41, 5.74) is 1.65. The summed E-state index contributed by atoms with van der Waals surface area (Å²) >= 11 is 0. The van der Waals surface area contributed by atoms with Crippen molar-refractivity contribution in [1.82, 2.24) is 5.32 Å². The quantitative estimate of drug-likeness (QED) is 0.317. The van der Waals surface area contributed by atoms with E-state index in [2.05, 4.69) is 26.1 Å². The summed E-state index contributed by atoms with van der Waals surface area (Å²) in [5, 5.41) is 3.73. The summed E-state index contributed by atoms with van der Waals surface area (Å²) < 4.78 is 48.2. The minimum atomic E-state index is -3.39. The van der Waals surface area contributed by atoms with Gasteiger partial charge in [-0.2, -0.15) is 0 Å². The molecule has 0 radical (unpaired) electrons. The van der Waals surface area contributed by atoms with Crippen LogP contribution in [-0.4, -0.2) is 52.3 Å². The molecule has 2 aromatic carbocycles. The molecule has 0 saturated heterocycles. The van der Waals surface area contributed by atoms with Crippen molar-refractivity contribution in [2.24, 2.45) is 0 Å². The molecule has 0 aromatic heterocycles. The second-order valence-electron chi connectivity index (χ2n) is 9.27. The zero-order chi connectivity index (χ0) is 25.4. The van der Waals surface area contributed by atoms with Gasteiger partial charge in [0.05, 0.1) is 12.3 Å². The molecule has 0 aliphatic carbocycles. The van der Waals surface area contributed by atoms with Crippen molar-refractivity contribution in [2.45, 2.75) is 44.2 Å². The fourth-order valence-corrected chi connectivity index (χ4v) is 6.90. The van der Waals surface area contributed by atoms with E-state index >= 15 is 0 Å². The summed E-state index contributed by atoms with van der Waals surface area (Å²) in [7, 11) is -1.18. The zero-order valence-corrected chi connectivity index (χ0v) is 23.1. The lowest BCUT2D eigenvalue weighted by Crippen LogP contribution is -2.51. The van der Waals surface area contributed by atoms with Gasteiger partial charge in [-0.05, 0) is 31.9 Å². The molecule has 0 amide bonds. The van der Waals surface area contributed by atoms with Gasteiger partial charge < -0.3 is 23.4 Å². The van der Waals surface area contributed by atoms with Crippen LogP contribution in [0.5, 0.6) is 0 Å². The third-order valence-electron chi connectivity index (χ3n) is 5.88. The molecule has 0 fully saturated rings. The SMILES string of the molecule is COP(=O)(CC(c1ccccc1)C(NC(C)(C)C)C(CP(=O)(OC)OC)c1ccccc1)OC. The Balaban J connectivity index is 2.73. The van der Waals surface area contributed by atoms with Crippen LogP contribution in [0.4, 0.5) is 0 Å². The van der Waals surface area contributed by atoms with Crippen molar-refractivity contribution in [3.63, 3.8) is 0 Å². The van der Waals surface area contributed by atoms with Gasteiger partial charge in [0.25, 0.3) is 0 Å². The van der Waals surface area contributed by atoms with Crippen molar-refractivity contribution in [3.8, 4) is 0 Å². The maximum Gasteiger partial charge on any atom is 0.330 e. The van der Waals surface area contributed by atoms with Gasteiger partial charge in [-0.3, -0.25) is 9.13 Å². The van der Waals surface area contributed by atoms with E-state index in [1.165, 1.54) is 28.4 Å². The first-order valence-electron chi connectivity index (χ1n) is 11.3. The van der Waals surface area contributed by atoms with Crippen LogP contribution < -0.4 is 5.32 Å². The second-order valence-corrected chi connectivity index (χ2v) is 13.9. The van der Waals surface area contributed by atoms with Crippen LogP contribution in [0, 0.1) is 0 Å². The summed E-state index contributed by atoms with van der Waals surface area (Å²) in [4.78, 5) is 0. The highest BCUT2D eigenvalue weighted by molar-refractivity contribution is 7.54. The van der Waals surface area contributed by atoms with E-state index in [1.807, 2.05) is 60.7 Å². The number of hydrogen-bond acceptors (Lipinski definition) is 7. The molecular formula is C25H39NO6P2. The molecule has 9 heteroatoms. The van der Waals surface area contributed by atoms with E-state index in [-0.39, 0.29) is 35.7 Å². The fourth-order valence-electron chi connectivity index (χ4n) is 4.16. The Morgan fingerprint density at radius 3 is 1.26 bits per heavy atom. The molecule has 34 heavy (non-hydrogen) atoms. The molecule has 0 spiro atoms. The lowest BCUT2D eigenvalue weighted by atomic mass is 9.80. The lowest BCUT2D eigenvalue weighted by molar-refractivity contribution is 0.249. The maximum absolute atomic E-state index is 13.4. The minimum Gasteiger partial charge on any atom is -0.312 e. The van der Waals surface area contributed by atoms with Crippen LogP contribution in [0.15, 0.2) is 60.7 Å². The molecule has 7 nitrogen and oxygen atoms in total. The van der Waals surface area contributed by atoms with Crippen molar-refractivity contribution in [2.75, 3.05) is 40.8 Å². The molecule has 0 aliphatic rings. The van der Waals surface area contributed by atoms with Crippen LogP contribution in [-0.2, 0) is 27.2 Å². The van der Waals surface area contributed by atoms with E-state index < -0.39 is 15.2 Å². The first-order chi connectivity index (χ1) is 16.0. The summed E-state index contributed by atoms with van der Waals surface area (Å²) in [5.74, 6) is -0.586. The molecule has 190 valence electrons. The molecule has 2 rings (SSSR count). The van der Waals surface area contributed by atoms with Crippen molar-refractivity contribution >= 4 is 15.2 Å². The van der Waals surface area contributed by atoms with Gasteiger partial charge in [0.15, 0.2) is 0 Å². The fraction of sp³-hybridized carbons (Fsp3) is 0.520. The predicted molar refractivity (Wildman–Crippen MR) is 138 cm³/mol. The summed E-state index contributed by atoms with van der Waals surface area (Å²) in [6, 6.07) is 19.4. The Morgan fingerprint density at radius 2 is 1.00 bits per heavy atom. The minimum absolute atomic E-state index is 0.144. The Kier molecular flexibility index (Phi) is 10.7. The number of hydrogen-bond donors (Lipinski definition) is 1. The molecule has 1 N–H and O–H groups in total. The Labute approximate surface area is 204 Å². The first kappa shape index (κ1) is 28.9. The van der Waals surface area contributed by atoms with Gasteiger partial charge in [-0.1, -0.05) is 60.7 Å². The van der Waals surface area contributed by atoms with Crippen LogP contribution in [0.1, 0.15) is 43.7 Å². The molecule has 2 unspecified atom stereocenters. The summed E-state index contributed by atoms with van der Waals surface area (Å²) in [6.07, 6.45) is 0.288. The van der Waals surface area contributed by atoms with Crippen LogP contribution in [0.2, 0.25) is 0 Å². The van der Waals surface area contributed by atoms with E-state index in [4.69, 9.17) is 18.1 Å². The molecule has 0 heterocycles. The predicted octanol–water partition coefficient (Wildman–Crippen LogP) is 6.28. The standard InChI is InChI=1S/C25H39NO6P2/c1-25(2,3)26-24(22(18-33(27,29-4)30-5)20-14-10-8-11-15-20)23(19-34(28,31-6)32-7)21-16-12-9-13-17-21/h8-17,22-24,26H,18-19H2,1-7H3. The highest BCUT2D eigenvalue weighted by atomic mass is 31.2. The average Bonchev–Trinajstić information content (AvgIpc) is 2.85. The van der Waals surface area contributed by atoms with Gasteiger partial charge in [-0.15, -0.1) is 0 Å². The highest BCUT2D eigenvalue weighted by Crippen LogP contribution is 2.55. The third kappa shape index (κ3) is 8.13. The van der Waals surface area contributed by atoms with E-state index in [0.717, 1.165) is 11.1 Å². The molecule has 0 saturated carbocycles. The van der Waals surface area contributed by atoms with Crippen molar-refractivity contribution in [3.05, 3.63) is 71.8 Å². The van der Waals surface area contributed by atoms with Gasteiger partial charge in [-0.25, -0.2) is 0 Å². The zero-order valence-electron chi connectivity index (χ0n) is 21.3. The normalized spacial score (nSPS) is 15.6.